The van der Waals surface area contributed by atoms with Crippen molar-refractivity contribution < 1.29 is 4.79 Å². The lowest BCUT2D eigenvalue weighted by Crippen LogP contribution is -2.31. The summed E-state index contributed by atoms with van der Waals surface area (Å²) in [4.78, 5) is 25.4. The van der Waals surface area contributed by atoms with Gasteiger partial charge in [-0.25, -0.2) is 9.97 Å². The molecule has 0 spiro atoms. The summed E-state index contributed by atoms with van der Waals surface area (Å²) in [5.74, 6) is 2.21. The maximum atomic E-state index is 12.0. The first kappa shape index (κ1) is 15.1. The second-order valence-electron chi connectivity index (χ2n) is 6.51. The summed E-state index contributed by atoms with van der Waals surface area (Å²) in [6, 6.07) is 3.81. The van der Waals surface area contributed by atoms with E-state index >= 15 is 0 Å². The molecule has 24 heavy (non-hydrogen) atoms. The average Bonchev–Trinajstić information content (AvgIpc) is 3.33. The monoisotopic (exact) mass is 323 g/mol. The summed E-state index contributed by atoms with van der Waals surface area (Å²) < 4.78 is 0. The van der Waals surface area contributed by atoms with E-state index in [2.05, 4.69) is 20.6 Å². The molecule has 0 atom stereocenters. The Labute approximate surface area is 141 Å². The van der Waals surface area contributed by atoms with Gasteiger partial charge in [-0.2, -0.15) is 0 Å². The Kier molecular flexibility index (Phi) is 4.11. The van der Waals surface area contributed by atoms with E-state index in [0.29, 0.717) is 11.7 Å². The third-order valence-corrected chi connectivity index (χ3v) is 4.57. The zero-order valence-electron chi connectivity index (χ0n) is 13.6. The molecular weight excluding hydrogens is 302 g/mol. The van der Waals surface area contributed by atoms with Gasteiger partial charge in [-0.15, -0.1) is 0 Å². The minimum absolute atomic E-state index is 0.0257. The largest absolute Gasteiger partial charge is 0.361 e. The van der Waals surface area contributed by atoms with Crippen LogP contribution in [0.5, 0.6) is 0 Å². The maximum Gasteiger partial charge on any atom is 0.239 e. The lowest BCUT2D eigenvalue weighted by molar-refractivity contribution is -0.119. The van der Waals surface area contributed by atoms with E-state index in [-0.39, 0.29) is 12.5 Å². The predicted molar refractivity (Wildman–Crippen MR) is 91.5 cm³/mol. The molecule has 2 aromatic heterocycles. The molecule has 1 fully saturated rings. The van der Waals surface area contributed by atoms with E-state index in [1.807, 2.05) is 12.1 Å². The molecule has 0 radical (unpaired) electrons. The number of nitrogens with one attached hydrogen (secondary N) is 2. The number of aryl methyl sites for hydroxylation is 1. The summed E-state index contributed by atoms with van der Waals surface area (Å²) in [7, 11) is 0. The van der Waals surface area contributed by atoms with Gasteiger partial charge in [0, 0.05) is 35.8 Å². The highest BCUT2D eigenvalue weighted by atomic mass is 16.1. The van der Waals surface area contributed by atoms with E-state index < -0.39 is 0 Å². The molecule has 0 aliphatic heterocycles. The van der Waals surface area contributed by atoms with Gasteiger partial charge in [0.15, 0.2) is 5.82 Å². The van der Waals surface area contributed by atoms with Crippen molar-refractivity contribution in [3.05, 3.63) is 35.8 Å². The van der Waals surface area contributed by atoms with E-state index in [0.717, 1.165) is 48.4 Å². The third-order valence-electron chi connectivity index (χ3n) is 4.57. The summed E-state index contributed by atoms with van der Waals surface area (Å²) in [5, 5.41) is 6.20. The van der Waals surface area contributed by atoms with Gasteiger partial charge in [-0.05, 0) is 50.2 Å². The lowest BCUT2D eigenvalue weighted by atomic mass is 10.2. The molecule has 2 N–H and O–H groups in total. The maximum absolute atomic E-state index is 12.0. The summed E-state index contributed by atoms with van der Waals surface area (Å²) in [6.07, 6.45) is 8.99. The number of aromatic nitrogens is 3. The van der Waals surface area contributed by atoms with Crippen LogP contribution in [-0.4, -0.2) is 33.9 Å². The van der Waals surface area contributed by atoms with Crippen LogP contribution >= 0.6 is 0 Å². The van der Waals surface area contributed by atoms with Crippen LogP contribution in [0.1, 0.15) is 30.5 Å². The van der Waals surface area contributed by atoms with Gasteiger partial charge >= 0.3 is 0 Å². The first-order valence-corrected chi connectivity index (χ1v) is 8.60. The smallest absolute Gasteiger partial charge is 0.239 e. The Bertz CT molecular complexity index is 743. The minimum Gasteiger partial charge on any atom is -0.361 e. The Morgan fingerprint density at radius 3 is 2.79 bits per heavy atom. The predicted octanol–water partition coefficient (Wildman–Crippen LogP) is 1.97. The fourth-order valence-corrected chi connectivity index (χ4v) is 3.02. The van der Waals surface area contributed by atoms with Crippen LogP contribution in [0.15, 0.2) is 24.5 Å². The van der Waals surface area contributed by atoms with Crippen molar-refractivity contribution in [2.45, 2.75) is 32.1 Å². The van der Waals surface area contributed by atoms with Crippen molar-refractivity contribution in [2.75, 3.05) is 18.4 Å². The van der Waals surface area contributed by atoms with Crippen LogP contribution < -0.4 is 10.6 Å². The molecule has 6 nitrogen and oxygen atoms in total. The number of fused-ring (bicyclic) bond motifs is 1. The molecule has 2 heterocycles. The van der Waals surface area contributed by atoms with Gasteiger partial charge in [0.1, 0.15) is 5.82 Å². The summed E-state index contributed by atoms with van der Waals surface area (Å²) in [5.41, 5.74) is 3.20. The van der Waals surface area contributed by atoms with Crippen molar-refractivity contribution in [2.24, 2.45) is 5.92 Å². The third kappa shape index (κ3) is 3.37. The highest BCUT2D eigenvalue weighted by Gasteiger charge is 2.22. The van der Waals surface area contributed by atoms with Crippen molar-refractivity contribution >= 4 is 11.7 Å². The Morgan fingerprint density at radius 1 is 1.17 bits per heavy atom. The van der Waals surface area contributed by atoms with E-state index in [1.54, 1.807) is 12.4 Å². The summed E-state index contributed by atoms with van der Waals surface area (Å²) in [6.45, 7) is 1.05. The fraction of sp³-hybridized carbons (Fsp3) is 0.444. The number of rotatable bonds is 6. The van der Waals surface area contributed by atoms with Gasteiger partial charge in [0.05, 0.1) is 6.54 Å². The molecular formula is C18H21N5O. The standard InChI is InChI=1S/C18H21N5O/c24-16(20-10-12-4-5-12)11-21-18-14-2-1-3-15(14)22-17(23-18)13-6-8-19-9-7-13/h6-9,12H,1-5,10-11H2,(H,20,24)(H,21,22,23). The molecule has 2 aromatic rings. The van der Waals surface area contributed by atoms with E-state index in [1.165, 1.54) is 12.8 Å². The SMILES string of the molecule is O=C(CNc1nc(-c2ccncc2)nc2c1CCC2)NCC1CC1. The van der Waals surface area contributed by atoms with Gasteiger partial charge in [-0.1, -0.05) is 0 Å². The highest BCUT2D eigenvalue weighted by molar-refractivity contribution is 5.80. The van der Waals surface area contributed by atoms with Crippen molar-refractivity contribution in [3.63, 3.8) is 0 Å². The van der Waals surface area contributed by atoms with Crippen LogP contribution in [-0.2, 0) is 17.6 Å². The van der Waals surface area contributed by atoms with E-state index in [9.17, 15) is 4.79 Å². The first-order chi connectivity index (χ1) is 11.8. The van der Waals surface area contributed by atoms with Gasteiger partial charge < -0.3 is 10.6 Å². The summed E-state index contributed by atoms with van der Waals surface area (Å²) >= 11 is 0. The number of nitrogens with zero attached hydrogens (tertiary/aromatic N) is 3. The topological polar surface area (TPSA) is 79.8 Å². The molecule has 2 aliphatic rings. The fourth-order valence-electron chi connectivity index (χ4n) is 3.02. The molecule has 0 aromatic carbocycles. The number of hydrogen-bond donors (Lipinski definition) is 2. The zero-order valence-corrected chi connectivity index (χ0v) is 13.6. The van der Waals surface area contributed by atoms with Crippen LogP contribution in [0.2, 0.25) is 0 Å². The van der Waals surface area contributed by atoms with Gasteiger partial charge in [0.2, 0.25) is 5.91 Å². The average molecular weight is 323 g/mol. The van der Waals surface area contributed by atoms with E-state index in [4.69, 9.17) is 4.98 Å². The van der Waals surface area contributed by atoms with Crippen molar-refractivity contribution in [3.8, 4) is 11.4 Å². The van der Waals surface area contributed by atoms with Crippen LogP contribution in [0.3, 0.4) is 0 Å². The second-order valence-corrected chi connectivity index (χ2v) is 6.51. The highest BCUT2D eigenvalue weighted by Crippen LogP contribution is 2.29. The van der Waals surface area contributed by atoms with Crippen LogP contribution in [0.4, 0.5) is 5.82 Å². The van der Waals surface area contributed by atoms with Crippen LogP contribution in [0, 0.1) is 5.92 Å². The molecule has 2 aliphatic carbocycles. The van der Waals surface area contributed by atoms with Crippen molar-refractivity contribution in [1.82, 2.24) is 20.3 Å². The normalized spacial score (nSPS) is 15.8. The zero-order chi connectivity index (χ0) is 16.4. The second kappa shape index (κ2) is 6.55. The molecule has 0 saturated heterocycles. The molecule has 0 unspecified atom stereocenters. The van der Waals surface area contributed by atoms with Gasteiger partial charge in [-0.3, -0.25) is 9.78 Å². The first-order valence-electron chi connectivity index (χ1n) is 8.60. The Balaban J connectivity index is 1.51. The Hall–Kier alpha value is -2.50. The molecule has 0 bridgehead atoms. The van der Waals surface area contributed by atoms with Crippen molar-refractivity contribution in [1.29, 1.82) is 0 Å². The number of pyridine rings is 1. The number of carbonyl (C=O) groups excluding carboxylic acids is 1. The minimum atomic E-state index is 0.0257. The molecule has 124 valence electrons. The molecule has 6 heteroatoms. The number of hydrogen-bond acceptors (Lipinski definition) is 5. The molecule has 1 amide bonds. The number of carbonyl (C=O) groups is 1. The quantitative estimate of drug-likeness (QED) is 0.849. The number of amides is 1. The molecule has 1 saturated carbocycles. The van der Waals surface area contributed by atoms with Crippen LogP contribution in [0.25, 0.3) is 11.4 Å². The van der Waals surface area contributed by atoms with Gasteiger partial charge in [0.25, 0.3) is 0 Å². The lowest BCUT2D eigenvalue weighted by Gasteiger charge is -2.12. The number of anilines is 1. The molecule has 4 rings (SSSR count). The Morgan fingerprint density at radius 2 is 2.00 bits per heavy atom.